The summed E-state index contributed by atoms with van der Waals surface area (Å²) in [6.07, 6.45) is 0. The van der Waals surface area contributed by atoms with Crippen molar-refractivity contribution >= 4 is 23.2 Å². The van der Waals surface area contributed by atoms with E-state index in [0.717, 1.165) is 11.3 Å². The van der Waals surface area contributed by atoms with Crippen molar-refractivity contribution in [1.29, 1.82) is 0 Å². The molecule has 2 rings (SSSR count). The lowest BCUT2D eigenvalue weighted by Gasteiger charge is -2.26. The molecular formula is C15H14ClNO. The Kier molecular flexibility index (Phi) is 4.00. The van der Waals surface area contributed by atoms with Gasteiger partial charge in [0.15, 0.2) is 0 Å². The zero-order valence-corrected chi connectivity index (χ0v) is 10.8. The molecule has 2 aromatic carbocycles. The normalized spacial score (nSPS) is 11.9. The smallest absolute Gasteiger partial charge is 0.225 e. The van der Waals surface area contributed by atoms with Crippen LogP contribution in [0, 0.1) is 0 Å². The van der Waals surface area contributed by atoms with Gasteiger partial charge in [0.05, 0.1) is 0 Å². The molecule has 92 valence electrons. The minimum absolute atomic E-state index is 0.0787. The highest BCUT2D eigenvalue weighted by Crippen LogP contribution is 2.30. The maximum Gasteiger partial charge on any atom is 0.225 e. The SMILES string of the molecule is CC(=O)N(c1ccccc1)C(Cl)c1ccccc1. The summed E-state index contributed by atoms with van der Waals surface area (Å²) in [6, 6.07) is 19.0. The van der Waals surface area contributed by atoms with Crippen LogP contribution in [-0.4, -0.2) is 5.91 Å². The van der Waals surface area contributed by atoms with E-state index in [-0.39, 0.29) is 5.91 Å². The van der Waals surface area contributed by atoms with Gasteiger partial charge < -0.3 is 0 Å². The number of nitrogens with zero attached hydrogens (tertiary/aromatic N) is 1. The fourth-order valence-corrected chi connectivity index (χ4v) is 2.22. The molecule has 0 N–H and O–H groups in total. The molecule has 0 radical (unpaired) electrons. The second kappa shape index (κ2) is 5.69. The quantitative estimate of drug-likeness (QED) is 0.603. The fourth-order valence-electron chi connectivity index (χ4n) is 1.82. The van der Waals surface area contributed by atoms with Crippen LogP contribution in [0.1, 0.15) is 18.0 Å². The molecular weight excluding hydrogens is 246 g/mol. The van der Waals surface area contributed by atoms with Crippen molar-refractivity contribution in [3.8, 4) is 0 Å². The number of para-hydroxylation sites is 1. The van der Waals surface area contributed by atoms with Crippen LogP contribution in [-0.2, 0) is 4.79 Å². The van der Waals surface area contributed by atoms with Crippen molar-refractivity contribution in [3.63, 3.8) is 0 Å². The zero-order chi connectivity index (χ0) is 13.0. The molecule has 1 amide bonds. The molecule has 0 saturated carbocycles. The van der Waals surface area contributed by atoms with Crippen LogP contribution in [0.3, 0.4) is 0 Å². The minimum Gasteiger partial charge on any atom is -0.292 e. The first-order valence-corrected chi connectivity index (χ1v) is 6.17. The number of benzene rings is 2. The molecule has 0 aromatic heterocycles. The number of anilines is 1. The van der Waals surface area contributed by atoms with Gasteiger partial charge in [-0.3, -0.25) is 9.69 Å². The largest absolute Gasteiger partial charge is 0.292 e. The van der Waals surface area contributed by atoms with Gasteiger partial charge in [-0.1, -0.05) is 60.1 Å². The highest BCUT2D eigenvalue weighted by Gasteiger charge is 2.21. The van der Waals surface area contributed by atoms with Crippen LogP contribution >= 0.6 is 11.6 Å². The molecule has 1 unspecified atom stereocenters. The molecule has 1 atom stereocenters. The summed E-state index contributed by atoms with van der Waals surface area (Å²) in [6.45, 7) is 1.52. The molecule has 0 aliphatic rings. The number of carbonyl (C=O) groups excluding carboxylic acids is 1. The van der Waals surface area contributed by atoms with E-state index in [1.807, 2.05) is 60.7 Å². The third-order valence-corrected chi connectivity index (χ3v) is 3.12. The van der Waals surface area contributed by atoms with Gasteiger partial charge in [0.2, 0.25) is 5.91 Å². The standard InChI is InChI=1S/C15H14ClNO/c1-12(18)17(14-10-6-3-7-11-14)15(16)13-8-4-2-5-9-13/h2-11,15H,1H3. The Bertz CT molecular complexity index is 513. The van der Waals surface area contributed by atoms with E-state index >= 15 is 0 Å². The van der Waals surface area contributed by atoms with Crippen LogP contribution in [0.2, 0.25) is 0 Å². The molecule has 0 aliphatic carbocycles. The summed E-state index contributed by atoms with van der Waals surface area (Å²) in [4.78, 5) is 13.4. The van der Waals surface area contributed by atoms with Crippen LogP contribution in [0.4, 0.5) is 5.69 Å². The molecule has 18 heavy (non-hydrogen) atoms. The number of carbonyl (C=O) groups is 1. The lowest BCUT2D eigenvalue weighted by Crippen LogP contribution is -2.30. The average molecular weight is 260 g/mol. The third-order valence-electron chi connectivity index (χ3n) is 2.67. The van der Waals surface area contributed by atoms with Gasteiger partial charge >= 0.3 is 0 Å². The highest BCUT2D eigenvalue weighted by atomic mass is 35.5. The summed E-state index contributed by atoms with van der Waals surface area (Å²) in [7, 11) is 0. The highest BCUT2D eigenvalue weighted by molar-refractivity contribution is 6.24. The molecule has 2 nitrogen and oxygen atoms in total. The van der Waals surface area contributed by atoms with E-state index in [1.54, 1.807) is 4.90 Å². The second-order valence-corrected chi connectivity index (χ2v) is 4.38. The number of rotatable bonds is 3. The van der Waals surface area contributed by atoms with E-state index in [0.29, 0.717) is 0 Å². The first-order chi connectivity index (χ1) is 8.70. The van der Waals surface area contributed by atoms with Gasteiger partial charge in [-0.2, -0.15) is 0 Å². The summed E-state index contributed by atoms with van der Waals surface area (Å²) in [5.74, 6) is -0.0787. The summed E-state index contributed by atoms with van der Waals surface area (Å²) >= 11 is 6.41. The van der Waals surface area contributed by atoms with Crippen LogP contribution in [0.25, 0.3) is 0 Å². The number of amides is 1. The van der Waals surface area contributed by atoms with Crippen LogP contribution in [0.15, 0.2) is 60.7 Å². The van der Waals surface area contributed by atoms with Crippen molar-refractivity contribution in [2.75, 3.05) is 4.90 Å². The first-order valence-electron chi connectivity index (χ1n) is 5.74. The lowest BCUT2D eigenvalue weighted by molar-refractivity contribution is -0.116. The minimum atomic E-state index is -0.494. The topological polar surface area (TPSA) is 20.3 Å². The van der Waals surface area contributed by atoms with E-state index < -0.39 is 5.50 Å². The molecule has 0 bridgehead atoms. The van der Waals surface area contributed by atoms with Gasteiger partial charge in [0.1, 0.15) is 5.50 Å². The van der Waals surface area contributed by atoms with Gasteiger partial charge in [-0.05, 0) is 17.7 Å². The Labute approximate surface area is 112 Å². The Morgan fingerprint density at radius 2 is 1.50 bits per heavy atom. The monoisotopic (exact) mass is 259 g/mol. The summed E-state index contributed by atoms with van der Waals surface area (Å²) < 4.78 is 0. The predicted molar refractivity (Wildman–Crippen MR) is 74.6 cm³/mol. The molecule has 2 aromatic rings. The van der Waals surface area contributed by atoms with Crippen molar-refractivity contribution in [1.82, 2.24) is 0 Å². The van der Waals surface area contributed by atoms with Crippen molar-refractivity contribution in [2.24, 2.45) is 0 Å². The van der Waals surface area contributed by atoms with Gasteiger partial charge in [0.25, 0.3) is 0 Å². The zero-order valence-electron chi connectivity index (χ0n) is 10.1. The molecule has 0 aliphatic heterocycles. The van der Waals surface area contributed by atoms with E-state index in [2.05, 4.69) is 0 Å². The van der Waals surface area contributed by atoms with Gasteiger partial charge in [0, 0.05) is 12.6 Å². The Morgan fingerprint density at radius 1 is 1.00 bits per heavy atom. The first kappa shape index (κ1) is 12.7. The Balaban J connectivity index is 2.35. The van der Waals surface area contributed by atoms with Crippen molar-refractivity contribution in [3.05, 3.63) is 66.2 Å². The van der Waals surface area contributed by atoms with Gasteiger partial charge in [-0.15, -0.1) is 0 Å². The molecule has 0 spiro atoms. The number of alkyl halides is 1. The number of hydrogen-bond acceptors (Lipinski definition) is 1. The molecule has 0 heterocycles. The number of hydrogen-bond donors (Lipinski definition) is 0. The van der Waals surface area contributed by atoms with Gasteiger partial charge in [-0.25, -0.2) is 0 Å². The molecule has 0 saturated heterocycles. The molecule has 3 heteroatoms. The maximum atomic E-state index is 11.8. The summed E-state index contributed by atoms with van der Waals surface area (Å²) in [5, 5.41) is 0. The predicted octanol–water partition coefficient (Wildman–Crippen LogP) is 3.98. The number of halogens is 1. The van der Waals surface area contributed by atoms with Crippen molar-refractivity contribution < 1.29 is 4.79 Å². The second-order valence-electron chi connectivity index (χ2n) is 3.97. The van der Waals surface area contributed by atoms with Crippen LogP contribution in [0.5, 0.6) is 0 Å². The average Bonchev–Trinajstić information content (AvgIpc) is 2.40. The lowest BCUT2D eigenvalue weighted by atomic mass is 10.2. The third kappa shape index (κ3) is 2.71. The van der Waals surface area contributed by atoms with E-state index in [4.69, 9.17) is 11.6 Å². The Hall–Kier alpha value is -1.80. The fraction of sp³-hybridized carbons (Fsp3) is 0.133. The van der Waals surface area contributed by atoms with E-state index in [9.17, 15) is 4.79 Å². The van der Waals surface area contributed by atoms with Crippen molar-refractivity contribution in [2.45, 2.75) is 12.4 Å². The van der Waals surface area contributed by atoms with E-state index in [1.165, 1.54) is 6.92 Å². The van der Waals surface area contributed by atoms with Crippen LogP contribution < -0.4 is 4.90 Å². The summed E-state index contributed by atoms with van der Waals surface area (Å²) in [5.41, 5.74) is 1.21. The molecule has 0 fully saturated rings. The maximum absolute atomic E-state index is 11.8. The Morgan fingerprint density at radius 3 is 2.00 bits per heavy atom.